The molecule has 1 amide bonds. The normalized spacial score (nSPS) is 28.7. The number of Topliss-reactive ketones (excluding diaryl/α,β-unsaturated/α-hetero) is 2. The van der Waals surface area contributed by atoms with Gasteiger partial charge in [0.05, 0.1) is 11.6 Å². The van der Waals surface area contributed by atoms with Gasteiger partial charge in [-0.25, -0.2) is 0 Å². The predicted molar refractivity (Wildman–Crippen MR) is 122 cm³/mol. The summed E-state index contributed by atoms with van der Waals surface area (Å²) in [4.78, 5) is 40.2. The molecule has 35 heavy (non-hydrogen) atoms. The van der Waals surface area contributed by atoms with Crippen molar-refractivity contribution in [2.24, 2.45) is 17.6 Å². The molecular weight excluding hydrogens is 456 g/mol. The number of aliphatic hydroxyl groups is 4. The van der Waals surface area contributed by atoms with Crippen LogP contribution in [0, 0.1) is 23.7 Å². The SMILES string of the molecule is CC(O)C#Cc1ccc(O)c2c1C[C@H]1C[C@H]3[C@H](N(C)C)C(O)=C(C(N)=O)C(=O)[C@@]3(O)C(O)=C1C2=O. The van der Waals surface area contributed by atoms with Gasteiger partial charge in [-0.2, -0.15) is 0 Å². The highest BCUT2D eigenvalue weighted by Gasteiger charge is 2.63. The van der Waals surface area contributed by atoms with E-state index in [1.165, 1.54) is 24.0 Å². The summed E-state index contributed by atoms with van der Waals surface area (Å²) in [5.74, 6) is -1.63. The standard InChI is InChI=1S/C25H26N2O8/c1-10(28)4-5-11-6-7-15(29)17-13(11)8-12-9-14-19(27(2)3)21(31)18(24(26)34)23(33)25(14,35)22(32)16(12)20(17)30/h6-7,10,12,14,19,28-29,31-32,35H,8-9H2,1-3H3,(H2,26,34)/t10?,12-,14-,19-,25-/m0/s1. The van der Waals surface area contributed by atoms with Crippen molar-refractivity contribution in [2.45, 2.75) is 37.5 Å². The van der Waals surface area contributed by atoms with Crippen LogP contribution >= 0.6 is 0 Å². The number of nitrogens with zero attached hydrogens (tertiary/aromatic N) is 1. The molecular formula is C25H26N2O8. The summed E-state index contributed by atoms with van der Waals surface area (Å²) >= 11 is 0. The maximum absolute atomic E-state index is 13.5. The van der Waals surface area contributed by atoms with Gasteiger partial charge in [0, 0.05) is 17.1 Å². The van der Waals surface area contributed by atoms with Crippen molar-refractivity contribution in [1.82, 2.24) is 4.90 Å². The molecule has 0 spiro atoms. The summed E-state index contributed by atoms with van der Waals surface area (Å²) in [5, 5.41) is 53.5. The largest absolute Gasteiger partial charge is 0.510 e. The molecule has 1 aromatic rings. The summed E-state index contributed by atoms with van der Waals surface area (Å²) in [7, 11) is 3.13. The van der Waals surface area contributed by atoms with Gasteiger partial charge in [0.2, 0.25) is 5.78 Å². The van der Waals surface area contributed by atoms with Crippen molar-refractivity contribution in [3.8, 4) is 17.6 Å². The van der Waals surface area contributed by atoms with Gasteiger partial charge in [-0.05, 0) is 57.5 Å². The number of hydrogen-bond donors (Lipinski definition) is 6. The Bertz CT molecular complexity index is 1300. The quantitative estimate of drug-likeness (QED) is 0.247. The number of ketones is 2. The maximum atomic E-state index is 13.5. The van der Waals surface area contributed by atoms with Gasteiger partial charge < -0.3 is 31.3 Å². The van der Waals surface area contributed by atoms with Crippen LogP contribution in [0.5, 0.6) is 5.75 Å². The molecule has 0 aliphatic heterocycles. The third-order valence-corrected chi connectivity index (χ3v) is 7.02. The van der Waals surface area contributed by atoms with E-state index in [-0.39, 0.29) is 29.7 Å². The highest BCUT2D eigenvalue weighted by atomic mass is 16.3. The first-order valence-corrected chi connectivity index (χ1v) is 11.0. The van der Waals surface area contributed by atoms with Crippen molar-refractivity contribution in [3.63, 3.8) is 0 Å². The second-order valence-electron chi connectivity index (χ2n) is 9.39. The lowest BCUT2D eigenvalue weighted by Gasteiger charge is -2.50. The van der Waals surface area contributed by atoms with E-state index in [2.05, 4.69) is 11.8 Å². The molecule has 10 heteroatoms. The van der Waals surface area contributed by atoms with Crippen LogP contribution in [-0.2, 0) is 16.0 Å². The van der Waals surface area contributed by atoms with Crippen LogP contribution in [0.15, 0.2) is 34.8 Å². The Balaban J connectivity index is 1.95. The van der Waals surface area contributed by atoms with E-state index in [4.69, 9.17) is 5.73 Å². The molecule has 0 fully saturated rings. The molecule has 5 atom stereocenters. The second kappa shape index (κ2) is 8.23. The van der Waals surface area contributed by atoms with Crippen molar-refractivity contribution in [1.29, 1.82) is 0 Å². The number of aliphatic hydroxyl groups excluding tert-OH is 3. The van der Waals surface area contributed by atoms with Crippen molar-refractivity contribution in [3.05, 3.63) is 51.5 Å². The summed E-state index contributed by atoms with van der Waals surface area (Å²) in [6.45, 7) is 1.48. The fourth-order valence-electron chi connectivity index (χ4n) is 5.55. The van der Waals surface area contributed by atoms with Crippen molar-refractivity contribution < 1.29 is 39.9 Å². The van der Waals surface area contributed by atoms with E-state index >= 15 is 0 Å². The molecule has 3 aliphatic carbocycles. The minimum Gasteiger partial charge on any atom is -0.510 e. The number of benzene rings is 1. The number of carbonyl (C=O) groups excluding carboxylic acids is 3. The maximum Gasteiger partial charge on any atom is 0.255 e. The van der Waals surface area contributed by atoms with E-state index in [0.29, 0.717) is 11.1 Å². The summed E-state index contributed by atoms with van der Waals surface area (Å²) in [6, 6.07) is 1.73. The van der Waals surface area contributed by atoms with Crippen LogP contribution in [0.4, 0.5) is 0 Å². The Hall–Kier alpha value is -3.65. The van der Waals surface area contributed by atoms with Crippen LogP contribution in [0.3, 0.4) is 0 Å². The topological polar surface area (TPSA) is 182 Å². The smallest absolute Gasteiger partial charge is 0.255 e. The zero-order valence-corrected chi connectivity index (χ0v) is 19.4. The molecule has 7 N–H and O–H groups in total. The number of phenols is 1. The molecule has 10 nitrogen and oxygen atoms in total. The molecule has 1 aromatic carbocycles. The number of primary amides is 1. The fraction of sp³-hybridized carbons (Fsp3) is 0.400. The number of likely N-dealkylation sites (N-methyl/N-ethyl adjacent to an activating group) is 1. The number of carbonyl (C=O) groups is 3. The second-order valence-corrected chi connectivity index (χ2v) is 9.39. The van der Waals surface area contributed by atoms with Crippen LogP contribution in [0.2, 0.25) is 0 Å². The van der Waals surface area contributed by atoms with Gasteiger partial charge in [-0.1, -0.05) is 11.8 Å². The molecule has 1 unspecified atom stereocenters. The summed E-state index contributed by atoms with van der Waals surface area (Å²) in [6.07, 6.45) is -0.802. The average Bonchev–Trinajstić information content (AvgIpc) is 2.75. The number of hydrogen-bond acceptors (Lipinski definition) is 9. The van der Waals surface area contributed by atoms with E-state index in [0.717, 1.165) is 0 Å². The summed E-state index contributed by atoms with van der Waals surface area (Å²) in [5.41, 5.74) is 2.25. The summed E-state index contributed by atoms with van der Waals surface area (Å²) < 4.78 is 0. The molecule has 4 rings (SSSR count). The molecule has 0 bridgehead atoms. The lowest BCUT2D eigenvalue weighted by Crippen LogP contribution is -2.63. The molecule has 0 heterocycles. The van der Waals surface area contributed by atoms with E-state index in [9.17, 15) is 39.9 Å². The van der Waals surface area contributed by atoms with Gasteiger partial charge in [-0.15, -0.1) is 0 Å². The Morgan fingerprint density at radius 1 is 1.23 bits per heavy atom. The number of rotatable bonds is 2. The van der Waals surface area contributed by atoms with E-state index in [1.54, 1.807) is 14.1 Å². The highest BCUT2D eigenvalue weighted by molar-refractivity contribution is 6.24. The number of amides is 1. The zero-order valence-electron chi connectivity index (χ0n) is 19.4. The lowest BCUT2D eigenvalue weighted by atomic mass is 9.58. The fourth-order valence-corrected chi connectivity index (χ4v) is 5.55. The van der Waals surface area contributed by atoms with E-state index in [1.807, 2.05) is 0 Å². The third-order valence-electron chi connectivity index (χ3n) is 7.02. The number of aromatic hydroxyl groups is 1. The third kappa shape index (κ3) is 3.43. The first-order valence-electron chi connectivity index (χ1n) is 11.0. The Labute approximate surface area is 201 Å². The van der Waals surface area contributed by atoms with Crippen molar-refractivity contribution >= 4 is 17.5 Å². The van der Waals surface area contributed by atoms with Crippen molar-refractivity contribution in [2.75, 3.05) is 14.1 Å². The number of allylic oxidation sites excluding steroid dienone is 1. The number of phenolic OH excluding ortho intramolecular Hbond substituents is 1. The Morgan fingerprint density at radius 2 is 1.89 bits per heavy atom. The highest BCUT2D eigenvalue weighted by Crippen LogP contribution is 2.52. The number of fused-ring (bicyclic) bond motifs is 3. The minimum atomic E-state index is -2.68. The molecule has 0 saturated heterocycles. The van der Waals surface area contributed by atoms with Gasteiger partial charge >= 0.3 is 0 Å². The lowest BCUT2D eigenvalue weighted by molar-refractivity contribution is -0.148. The van der Waals surface area contributed by atoms with Crippen LogP contribution in [-0.4, -0.2) is 79.7 Å². The molecule has 0 radical (unpaired) electrons. The van der Waals surface area contributed by atoms with E-state index < -0.39 is 64.1 Å². The predicted octanol–water partition coefficient (Wildman–Crippen LogP) is -0.147. The number of nitrogens with two attached hydrogens (primary N) is 1. The van der Waals surface area contributed by atoms with Crippen LogP contribution in [0.25, 0.3) is 0 Å². The average molecular weight is 482 g/mol. The molecule has 3 aliphatic rings. The Morgan fingerprint density at radius 3 is 2.46 bits per heavy atom. The molecule has 0 aromatic heterocycles. The van der Waals surface area contributed by atoms with Gasteiger partial charge in [0.1, 0.15) is 28.9 Å². The first-order chi connectivity index (χ1) is 16.3. The van der Waals surface area contributed by atoms with Gasteiger partial charge in [0.25, 0.3) is 5.91 Å². The molecule has 0 saturated carbocycles. The molecule has 184 valence electrons. The Kier molecular flexibility index (Phi) is 5.76. The monoisotopic (exact) mass is 482 g/mol. The van der Waals surface area contributed by atoms with Crippen LogP contribution < -0.4 is 5.73 Å². The minimum absolute atomic E-state index is 0.00924. The van der Waals surface area contributed by atoms with Gasteiger partial charge in [0.15, 0.2) is 11.4 Å². The van der Waals surface area contributed by atoms with Gasteiger partial charge in [-0.3, -0.25) is 19.3 Å². The van der Waals surface area contributed by atoms with Crippen LogP contribution in [0.1, 0.15) is 34.8 Å². The zero-order chi connectivity index (χ0) is 26.0. The first kappa shape index (κ1) is 24.5.